The number of hydrogen-bond acceptors (Lipinski definition) is 4. The van der Waals surface area contributed by atoms with Crippen LogP contribution in [0.15, 0.2) is 21.5 Å². The quantitative estimate of drug-likeness (QED) is 0.811. The largest absolute Gasteiger partial charge is 0.398 e. The molecule has 1 unspecified atom stereocenters. The van der Waals surface area contributed by atoms with Crippen LogP contribution >= 0.6 is 15.9 Å². The van der Waals surface area contributed by atoms with E-state index in [0.29, 0.717) is 6.54 Å². The highest BCUT2D eigenvalue weighted by atomic mass is 79.9. The van der Waals surface area contributed by atoms with Crippen LogP contribution in [0.3, 0.4) is 0 Å². The molecule has 8 heteroatoms. The molecule has 1 aliphatic rings. The Balaban J connectivity index is 2.27. The summed E-state index contributed by atoms with van der Waals surface area (Å²) in [6, 6.07) is 2.44. The molecule has 1 saturated heterocycles. The molecular weight excluding hydrogens is 361 g/mol. The van der Waals surface area contributed by atoms with Crippen molar-refractivity contribution in [2.45, 2.75) is 23.8 Å². The summed E-state index contributed by atoms with van der Waals surface area (Å²) in [7, 11) is -0.222. The van der Waals surface area contributed by atoms with Crippen molar-refractivity contribution in [3.63, 3.8) is 0 Å². The third-order valence-corrected chi connectivity index (χ3v) is 6.37. The van der Waals surface area contributed by atoms with Gasteiger partial charge in [0, 0.05) is 19.6 Å². The topological polar surface area (TPSA) is 66.6 Å². The second-order valence-corrected chi connectivity index (χ2v) is 8.23. The number of nitrogen functional groups attached to an aromatic ring is 1. The first-order chi connectivity index (χ1) is 9.73. The van der Waals surface area contributed by atoms with Gasteiger partial charge in [0.2, 0.25) is 10.0 Å². The number of likely N-dealkylation sites (tertiary alicyclic amines) is 1. The number of benzene rings is 1. The van der Waals surface area contributed by atoms with Crippen LogP contribution in [0.25, 0.3) is 0 Å². The predicted molar refractivity (Wildman–Crippen MR) is 84.0 cm³/mol. The minimum absolute atomic E-state index is 0.0704. The van der Waals surface area contributed by atoms with Crippen LogP contribution in [0.1, 0.15) is 12.8 Å². The number of halogens is 2. The third kappa shape index (κ3) is 3.39. The smallest absolute Gasteiger partial charge is 0.244 e. The number of hydrogen-bond donors (Lipinski definition) is 1. The molecule has 1 aromatic rings. The normalized spacial score (nSPS) is 20.3. The molecule has 21 heavy (non-hydrogen) atoms. The molecule has 0 aliphatic carbocycles. The lowest BCUT2D eigenvalue weighted by molar-refractivity contribution is 0.271. The maximum absolute atomic E-state index is 13.4. The molecule has 5 nitrogen and oxygen atoms in total. The van der Waals surface area contributed by atoms with Gasteiger partial charge in [-0.05, 0) is 54.5 Å². The van der Waals surface area contributed by atoms with Gasteiger partial charge in [-0.3, -0.25) is 0 Å². The second kappa shape index (κ2) is 6.20. The molecule has 2 rings (SSSR count). The predicted octanol–water partition coefficient (Wildman–Crippen LogP) is 1.89. The van der Waals surface area contributed by atoms with E-state index in [1.807, 2.05) is 7.05 Å². The van der Waals surface area contributed by atoms with E-state index in [4.69, 9.17) is 5.73 Å². The summed E-state index contributed by atoms with van der Waals surface area (Å²) in [6.07, 6.45) is 2.04. The van der Waals surface area contributed by atoms with Crippen LogP contribution < -0.4 is 5.73 Å². The lowest BCUT2D eigenvalue weighted by Crippen LogP contribution is -2.39. The van der Waals surface area contributed by atoms with Crippen molar-refractivity contribution in [1.82, 2.24) is 9.21 Å². The highest BCUT2D eigenvalue weighted by Gasteiger charge is 2.29. The fourth-order valence-electron chi connectivity index (χ4n) is 2.54. The maximum atomic E-state index is 13.4. The van der Waals surface area contributed by atoms with E-state index in [1.165, 1.54) is 17.4 Å². The first-order valence-electron chi connectivity index (χ1n) is 6.64. The summed E-state index contributed by atoms with van der Waals surface area (Å²) >= 11 is 3.00. The van der Waals surface area contributed by atoms with Gasteiger partial charge in [-0.25, -0.2) is 12.8 Å². The van der Waals surface area contributed by atoms with Crippen molar-refractivity contribution in [1.29, 1.82) is 0 Å². The molecule has 0 bridgehead atoms. The SMILES string of the molecule is CN1CCCC1CN(C)S(=O)(=O)c1cc(Br)c(F)cc1N. The fourth-order valence-corrected chi connectivity index (χ4v) is 4.36. The van der Waals surface area contributed by atoms with Crippen molar-refractivity contribution in [3.8, 4) is 0 Å². The first kappa shape index (κ1) is 16.7. The average molecular weight is 380 g/mol. The monoisotopic (exact) mass is 379 g/mol. The number of nitrogens with two attached hydrogens (primary N) is 1. The zero-order valence-electron chi connectivity index (χ0n) is 12.0. The Morgan fingerprint density at radius 3 is 2.76 bits per heavy atom. The summed E-state index contributed by atoms with van der Waals surface area (Å²) in [5.41, 5.74) is 5.59. The van der Waals surface area contributed by atoms with Crippen LogP contribution in [0.4, 0.5) is 10.1 Å². The minimum atomic E-state index is -3.73. The van der Waals surface area contributed by atoms with Gasteiger partial charge in [0.15, 0.2) is 0 Å². The molecule has 1 aliphatic heterocycles. The molecule has 1 atom stereocenters. The standard InChI is InChI=1S/C13H19BrFN3O2S/c1-17-5-3-4-9(17)8-18(2)21(19,20)13-6-10(14)11(15)7-12(13)16/h6-7,9H,3-5,8,16H2,1-2H3. The second-order valence-electron chi connectivity index (χ2n) is 5.37. The molecule has 1 heterocycles. The molecule has 1 fully saturated rings. The van der Waals surface area contributed by atoms with Crippen molar-refractivity contribution in [2.24, 2.45) is 0 Å². The Labute approximate surface area is 133 Å². The maximum Gasteiger partial charge on any atom is 0.244 e. The zero-order valence-corrected chi connectivity index (χ0v) is 14.4. The number of anilines is 1. The molecule has 0 spiro atoms. The van der Waals surface area contributed by atoms with E-state index < -0.39 is 15.8 Å². The summed E-state index contributed by atoms with van der Waals surface area (Å²) in [5, 5.41) is 0. The molecule has 0 amide bonds. The molecule has 118 valence electrons. The Morgan fingerprint density at radius 1 is 1.52 bits per heavy atom. The number of rotatable bonds is 4. The van der Waals surface area contributed by atoms with Gasteiger partial charge < -0.3 is 10.6 Å². The Hall–Kier alpha value is -0.700. The van der Waals surface area contributed by atoms with Crippen molar-refractivity contribution >= 4 is 31.6 Å². The van der Waals surface area contributed by atoms with Crippen LogP contribution in [-0.4, -0.2) is 50.8 Å². The van der Waals surface area contributed by atoms with Gasteiger partial charge in [0.1, 0.15) is 10.7 Å². The van der Waals surface area contributed by atoms with Gasteiger partial charge in [0.05, 0.1) is 10.2 Å². The molecule has 2 N–H and O–H groups in total. The van der Waals surface area contributed by atoms with E-state index in [0.717, 1.165) is 25.5 Å². The van der Waals surface area contributed by atoms with Crippen molar-refractivity contribution in [3.05, 3.63) is 22.4 Å². The molecule has 0 saturated carbocycles. The number of likely N-dealkylation sites (N-methyl/N-ethyl adjacent to an activating group) is 2. The molecule has 1 aromatic carbocycles. The van der Waals surface area contributed by atoms with Gasteiger partial charge in [-0.2, -0.15) is 4.31 Å². The third-order valence-electron chi connectivity index (χ3n) is 3.88. The summed E-state index contributed by atoms with van der Waals surface area (Å²) in [5.74, 6) is -0.579. The van der Waals surface area contributed by atoms with E-state index in [2.05, 4.69) is 20.8 Å². The van der Waals surface area contributed by atoms with E-state index >= 15 is 0 Å². The molecule has 0 aromatic heterocycles. The van der Waals surface area contributed by atoms with E-state index in [1.54, 1.807) is 0 Å². The average Bonchev–Trinajstić information content (AvgIpc) is 2.79. The number of sulfonamides is 1. The summed E-state index contributed by atoms with van der Waals surface area (Å²) in [4.78, 5) is 2.08. The van der Waals surface area contributed by atoms with Gasteiger partial charge >= 0.3 is 0 Å². The Morgan fingerprint density at radius 2 is 2.19 bits per heavy atom. The Bertz CT molecular complexity index is 639. The van der Waals surface area contributed by atoms with Crippen LogP contribution in [0.2, 0.25) is 0 Å². The van der Waals surface area contributed by atoms with Crippen LogP contribution in [0.5, 0.6) is 0 Å². The van der Waals surface area contributed by atoms with E-state index in [9.17, 15) is 12.8 Å². The van der Waals surface area contributed by atoms with Gasteiger partial charge in [-0.1, -0.05) is 0 Å². The fraction of sp³-hybridized carbons (Fsp3) is 0.538. The van der Waals surface area contributed by atoms with Crippen LogP contribution in [0, 0.1) is 5.82 Å². The molecular formula is C13H19BrFN3O2S. The van der Waals surface area contributed by atoms with Crippen molar-refractivity contribution in [2.75, 3.05) is 32.9 Å². The lowest BCUT2D eigenvalue weighted by Gasteiger charge is -2.25. The Kier molecular flexibility index (Phi) is 4.92. The molecule has 0 radical (unpaired) electrons. The zero-order chi connectivity index (χ0) is 15.8. The first-order valence-corrected chi connectivity index (χ1v) is 8.88. The number of nitrogens with zero attached hydrogens (tertiary/aromatic N) is 2. The summed E-state index contributed by atoms with van der Waals surface area (Å²) in [6.45, 7) is 1.37. The minimum Gasteiger partial charge on any atom is -0.398 e. The van der Waals surface area contributed by atoms with Gasteiger partial charge in [0.25, 0.3) is 0 Å². The van der Waals surface area contributed by atoms with Crippen molar-refractivity contribution < 1.29 is 12.8 Å². The highest BCUT2D eigenvalue weighted by Crippen LogP contribution is 2.28. The van der Waals surface area contributed by atoms with Crippen LogP contribution in [-0.2, 0) is 10.0 Å². The van der Waals surface area contributed by atoms with Gasteiger partial charge in [-0.15, -0.1) is 0 Å². The van der Waals surface area contributed by atoms with E-state index in [-0.39, 0.29) is 21.1 Å². The highest BCUT2D eigenvalue weighted by molar-refractivity contribution is 9.10. The summed E-state index contributed by atoms with van der Waals surface area (Å²) < 4.78 is 39.9. The lowest BCUT2D eigenvalue weighted by atomic mass is 10.2.